The minimum atomic E-state index is -4.44. The molecule has 0 bridgehead atoms. The maximum absolute atomic E-state index is 13.0. The van der Waals surface area contributed by atoms with E-state index in [9.17, 15) is 18.3 Å². The van der Waals surface area contributed by atoms with Crippen molar-refractivity contribution in [2.75, 3.05) is 18.0 Å². The molecule has 1 aliphatic rings. The molecular weight excluding hydrogens is 355 g/mol. The number of anilines is 1. The highest BCUT2D eigenvalue weighted by Gasteiger charge is 2.33. The molecule has 0 aliphatic carbocycles. The van der Waals surface area contributed by atoms with Crippen LogP contribution in [0.4, 0.5) is 18.9 Å². The second kappa shape index (κ2) is 10.8. The molecule has 0 spiro atoms. The van der Waals surface area contributed by atoms with Crippen LogP contribution in [-0.2, 0) is 12.8 Å². The van der Waals surface area contributed by atoms with Crippen LogP contribution >= 0.6 is 0 Å². The molecule has 0 saturated carbocycles. The number of benzene rings is 2. The van der Waals surface area contributed by atoms with Gasteiger partial charge in [-0.2, -0.15) is 13.2 Å². The Labute approximate surface area is 159 Å². The molecule has 0 aromatic heterocycles. The summed E-state index contributed by atoms with van der Waals surface area (Å²) in [7, 11) is 0. The van der Waals surface area contributed by atoms with Crippen molar-refractivity contribution in [3.63, 3.8) is 0 Å². The third-order valence-electron chi connectivity index (χ3n) is 3.69. The molecule has 1 heterocycles. The summed E-state index contributed by atoms with van der Waals surface area (Å²) in [5.41, 5.74) is 0.540. The number of halogens is 3. The maximum atomic E-state index is 13.0. The van der Waals surface area contributed by atoms with Crippen LogP contribution in [0.2, 0.25) is 0 Å². The van der Waals surface area contributed by atoms with Gasteiger partial charge in [0, 0.05) is 24.8 Å². The van der Waals surface area contributed by atoms with Crippen LogP contribution in [0.1, 0.15) is 38.8 Å². The van der Waals surface area contributed by atoms with E-state index in [2.05, 4.69) is 0 Å². The van der Waals surface area contributed by atoms with E-state index in [-0.39, 0.29) is 12.4 Å². The lowest BCUT2D eigenvalue weighted by atomic mass is 10.1. The summed E-state index contributed by atoms with van der Waals surface area (Å²) in [6, 6.07) is 12.9. The van der Waals surface area contributed by atoms with Crippen molar-refractivity contribution in [2.24, 2.45) is 0 Å². The van der Waals surface area contributed by atoms with Crippen LogP contribution in [0.3, 0.4) is 0 Å². The number of aliphatic hydroxyl groups is 1. The van der Waals surface area contributed by atoms with Gasteiger partial charge in [-0.15, -0.1) is 0 Å². The SMILES string of the molecule is CC.CC.OC1CN(c2cc(OCc3ccccc3)cc(C(F)(F)F)c2)C1. The largest absolute Gasteiger partial charge is 0.489 e. The van der Waals surface area contributed by atoms with Gasteiger partial charge in [-0.1, -0.05) is 58.0 Å². The van der Waals surface area contributed by atoms with E-state index in [1.807, 2.05) is 58.0 Å². The Morgan fingerprint density at radius 2 is 1.59 bits per heavy atom. The Morgan fingerprint density at radius 1 is 1.00 bits per heavy atom. The molecule has 3 nitrogen and oxygen atoms in total. The molecule has 0 unspecified atom stereocenters. The van der Waals surface area contributed by atoms with Gasteiger partial charge in [0.1, 0.15) is 12.4 Å². The van der Waals surface area contributed by atoms with Gasteiger partial charge in [0.15, 0.2) is 0 Å². The monoisotopic (exact) mass is 383 g/mol. The number of alkyl halides is 3. The molecule has 150 valence electrons. The van der Waals surface area contributed by atoms with Crippen molar-refractivity contribution in [1.82, 2.24) is 0 Å². The predicted molar refractivity (Wildman–Crippen MR) is 103 cm³/mol. The van der Waals surface area contributed by atoms with Crippen molar-refractivity contribution in [2.45, 2.75) is 46.6 Å². The second-order valence-electron chi connectivity index (χ2n) is 5.55. The van der Waals surface area contributed by atoms with Gasteiger partial charge in [-0.05, 0) is 17.7 Å². The van der Waals surface area contributed by atoms with Gasteiger partial charge in [-0.3, -0.25) is 0 Å². The van der Waals surface area contributed by atoms with Gasteiger partial charge in [-0.25, -0.2) is 0 Å². The molecule has 2 aromatic carbocycles. The van der Waals surface area contributed by atoms with E-state index in [0.717, 1.165) is 17.7 Å². The average Bonchev–Trinajstić information content (AvgIpc) is 2.67. The highest BCUT2D eigenvalue weighted by molar-refractivity contribution is 5.56. The molecule has 0 atom stereocenters. The van der Waals surface area contributed by atoms with Crippen LogP contribution in [0, 0.1) is 0 Å². The number of nitrogens with zero attached hydrogens (tertiary/aromatic N) is 1. The van der Waals surface area contributed by atoms with Crippen molar-refractivity contribution >= 4 is 5.69 Å². The minimum Gasteiger partial charge on any atom is -0.489 e. The Bertz CT molecular complexity index is 669. The van der Waals surface area contributed by atoms with Crippen LogP contribution in [-0.4, -0.2) is 24.3 Å². The number of rotatable bonds is 4. The summed E-state index contributed by atoms with van der Waals surface area (Å²) < 4.78 is 44.7. The molecule has 27 heavy (non-hydrogen) atoms. The fourth-order valence-corrected chi connectivity index (χ4v) is 2.42. The second-order valence-corrected chi connectivity index (χ2v) is 5.55. The zero-order valence-electron chi connectivity index (χ0n) is 16.3. The van der Waals surface area contributed by atoms with Crippen LogP contribution in [0.5, 0.6) is 5.75 Å². The molecule has 6 heteroatoms. The Morgan fingerprint density at radius 3 is 2.11 bits per heavy atom. The Balaban J connectivity index is 0.000000855. The first-order valence-electron chi connectivity index (χ1n) is 9.24. The Hall–Kier alpha value is -2.21. The highest BCUT2D eigenvalue weighted by Crippen LogP contribution is 2.36. The van der Waals surface area contributed by atoms with E-state index < -0.39 is 17.8 Å². The fourth-order valence-electron chi connectivity index (χ4n) is 2.42. The molecular formula is C21H28F3NO2. The van der Waals surface area contributed by atoms with Crippen LogP contribution in [0.25, 0.3) is 0 Å². The van der Waals surface area contributed by atoms with Crippen molar-refractivity contribution in [1.29, 1.82) is 0 Å². The number of ether oxygens (including phenoxy) is 1. The van der Waals surface area contributed by atoms with Gasteiger partial charge in [0.2, 0.25) is 0 Å². The molecule has 0 radical (unpaired) electrons. The summed E-state index contributed by atoms with van der Waals surface area (Å²) >= 11 is 0. The summed E-state index contributed by atoms with van der Waals surface area (Å²) in [5.74, 6) is 0.167. The molecule has 0 amide bonds. The van der Waals surface area contributed by atoms with Gasteiger partial charge in [0.25, 0.3) is 0 Å². The van der Waals surface area contributed by atoms with Gasteiger partial charge >= 0.3 is 6.18 Å². The van der Waals surface area contributed by atoms with Gasteiger partial charge < -0.3 is 14.7 Å². The molecule has 1 aliphatic heterocycles. The van der Waals surface area contributed by atoms with Crippen molar-refractivity contribution < 1.29 is 23.0 Å². The van der Waals surface area contributed by atoms with E-state index in [1.54, 1.807) is 11.0 Å². The Kier molecular flexibility index (Phi) is 9.15. The number of hydrogen-bond acceptors (Lipinski definition) is 3. The average molecular weight is 383 g/mol. The number of β-amino-alcohol motifs (C(OH)–C–C–N with tert-alkyl or cyclic N) is 1. The molecule has 1 saturated heterocycles. The normalized spacial score (nSPS) is 13.6. The first-order chi connectivity index (χ1) is 12.9. The van der Waals surface area contributed by atoms with Gasteiger partial charge in [0.05, 0.1) is 11.7 Å². The van der Waals surface area contributed by atoms with E-state index in [0.29, 0.717) is 18.8 Å². The fraction of sp³-hybridized carbons (Fsp3) is 0.429. The third kappa shape index (κ3) is 6.79. The third-order valence-corrected chi connectivity index (χ3v) is 3.69. The van der Waals surface area contributed by atoms with Crippen molar-refractivity contribution in [3.05, 3.63) is 59.7 Å². The lowest BCUT2D eigenvalue weighted by molar-refractivity contribution is -0.137. The first-order valence-corrected chi connectivity index (χ1v) is 9.24. The summed E-state index contributed by atoms with van der Waals surface area (Å²) in [6.45, 7) is 8.86. The van der Waals surface area contributed by atoms with Crippen LogP contribution in [0.15, 0.2) is 48.5 Å². The number of aliphatic hydroxyl groups excluding tert-OH is 1. The quantitative estimate of drug-likeness (QED) is 0.755. The number of hydrogen-bond donors (Lipinski definition) is 1. The lowest BCUT2D eigenvalue weighted by Gasteiger charge is -2.38. The topological polar surface area (TPSA) is 32.7 Å². The molecule has 3 rings (SSSR count). The smallest absolute Gasteiger partial charge is 0.416 e. The zero-order valence-corrected chi connectivity index (χ0v) is 16.3. The summed E-state index contributed by atoms with van der Waals surface area (Å²) in [4.78, 5) is 1.69. The molecule has 2 aromatic rings. The molecule has 1 N–H and O–H groups in total. The highest BCUT2D eigenvalue weighted by atomic mass is 19.4. The lowest BCUT2D eigenvalue weighted by Crippen LogP contribution is -2.50. The molecule has 1 fully saturated rings. The maximum Gasteiger partial charge on any atom is 0.416 e. The van der Waals surface area contributed by atoms with Crippen LogP contribution < -0.4 is 9.64 Å². The standard InChI is InChI=1S/C17H16F3NO2.2C2H6/c18-17(19,20)13-6-14(21-9-15(22)10-21)8-16(7-13)23-11-12-4-2-1-3-5-12;2*1-2/h1-8,15,22H,9-11H2;2*1-2H3. The zero-order chi connectivity index (χ0) is 20.4. The van der Waals surface area contributed by atoms with Crippen molar-refractivity contribution in [3.8, 4) is 5.75 Å². The van der Waals surface area contributed by atoms with E-state index in [1.165, 1.54) is 0 Å². The summed E-state index contributed by atoms with van der Waals surface area (Å²) in [5, 5.41) is 9.34. The first kappa shape index (κ1) is 22.8. The predicted octanol–water partition coefficient (Wildman–Crippen LogP) is 5.52. The summed E-state index contributed by atoms with van der Waals surface area (Å²) in [6.07, 6.45) is -4.93. The minimum absolute atomic E-state index is 0.167. The van der Waals surface area contributed by atoms with E-state index in [4.69, 9.17) is 4.74 Å². The van der Waals surface area contributed by atoms with E-state index >= 15 is 0 Å².